The number of ether oxygens (including phenoxy) is 7. The van der Waals surface area contributed by atoms with Crippen LogP contribution in [0, 0.1) is 5.92 Å². The lowest BCUT2D eigenvalue weighted by atomic mass is 9.84. The van der Waals surface area contributed by atoms with Gasteiger partial charge in [-0.15, -0.1) is 0 Å². The Morgan fingerprint density at radius 2 is 0.592 bits per heavy atom. The van der Waals surface area contributed by atoms with Crippen LogP contribution in [0.2, 0.25) is 0 Å². The summed E-state index contributed by atoms with van der Waals surface area (Å²) in [5.41, 5.74) is 0. The van der Waals surface area contributed by atoms with E-state index >= 15 is 0 Å². The summed E-state index contributed by atoms with van der Waals surface area (Å²) in [7, 11) is 6.65. The first-order chi connectivity index (χ1) is 32.5. The molecule has 0 aliphatic heterocycles. The van der Waals surface area contributed by atoms with Gasteiger partial charge >= 0.3 is 17.9 Å². The quantitative estimate of drug-likeness (QED) is 0.0323. The molecule has 1 saturated carbocycles. The van der Waals surface area contributed by atoms with Crippen LogP contribution >= 0.6 is 0 Å². The third-order valence-electron chi connectivity index (χ3n) is 11.6. The molecule has 0 bridgehead atoms. The lowest BCUT2D eigenvalue weighted by molar-refractivity contribution is -0.144. The van der Waals surface area contributed by atoms with Crippen molar-refractivity contribution in [2.75, 3.05) is 48.3 Å². The first-order valence-electron chi connectivity index (χ1n) is 26.1. The summed E-state index contributed by atoms with van der Waals surface area (Å²) >= 11 is 0. The van der Waals surface area contributed by atoms with Gasteiger partial charge in [0.15, 0.2) is 0 Å². The molecule has 14 heteroatoms. The van der Waals surface area contributed by atoms with Crippen molar-refractivity contribution < 1.29 is 66.7 Å². The Morgan fingerprint density at radius 3 is 0.855 bits per heavy atom. The van der Waals surface area contributed by atoms with E-state index < -0.39 is 0 Å². The predicted octanol–water partition coefficient (Wildman–Crippen LogP) is 16.7. The molecule has 0 spiro atoms. The van der Waals surface area contributed by atoms with Gasteiger partial charge in [-0.3, -0.25) is 33.6 Å². The smallest absolute Gasteiger partial charge is 0.305 e. The van der Waals surface area contributed by atoms with E-state index in [1.165, 1.54) is 38.5 Å². The number of rotatable bonds is 38. The first-order valence-corrected chi connectivity index (χ1v) is 26.1. The van der Waals surface area contributed by atoms with Crippen LogP contribution in [-0.4, -0.2) is 114 Å². The monoisotopic (exact) mass is 1100 g/mol. The fraction of sp³-hybridized carbons (Fsp3) is 0.887. The fourth-order valence-corrected chi connectivity index (χ4v) is 7.93. The molecule has 14 nitrogen and oxygen atoms in total. The van der Waals surface area contributed by atoms with Gasteiger partial charge in [0, 0.05) is 73.4 Å². The molecule has 76 heavy (non-hydrogen) atoms. The molecule has 0 radical (unpaired) electrons. The van der Waals surface area contributed by atoms with Crippen molar-refractivity contribution in [1.29, 1.82) is 0 Å². The average Bonchev–Trinajstić information content (AvgIpc) is 3.29. The molecule has 4 unspecified atom stereocenters. The Balaban J connectivity index is -0.0000000800. The van der Waals surface area contributed by atoms with Gasteiger partial charge in [0.1, 0.15) is 23.1 Å². The van der Waals surface area contributed by atoms with Crippen molar-refractivity contribution >= 4 is 41.0 Å². The van der Waals surface area contributed by atoms with Crippen LogP contribution in [-0.2, 0) is 66.7 Å². The van der Waals surface area contributed by atoms with Crippen molar-refractivity contribution in [2.24, 2.45) is 5.92 Å². The fourth-order valence-electron chi connectivity index (χ4n) is 7.93. The number of hydrogen-bond acceptors (Lipinski definition) is 14. The molecule has 0 aromatic carbocycles. The third-order valence-corrected chi connectivity index (χ3v) is 11.6. The number of methoxy groups -OCH3 is 4. The van der Waals surface area contributed by atoms with Gasteiger partial charge in [-0.2, -0.15) is 0 Å². The van der Waals surface area contributed by atoms with Crippen LogP contribution in [0.4, 0.5) is 0 Å². The maximum absolute atomic E-state index is 11.1. The molecule has 464 valence electrons. The van der Waals surface area contributed by atoms with E-state index in [2.05, 4.69) is 0 Å². The Bertz CT molecular complexity index is 1270. The second-order valence-electron chi connectivity index (χ2n) is 18.1. The van der Waals surface area contributed by atoms with Crippen molar-refractivity contribution in [2.45, 2.75) is 312 Å². The number of ketones is 4. The van der Waals surface area contributed by atoms with Crippen LogP contribution in [0.1, 0.15) is 288 Å². The summed E-state index contributed by atoms with van der Waals surface area (Å²) in [6.45, 7) is 13.2. The molecule has 0 aromatic heterocycles. The summed E-state index contributed by atoms with van der Waals surface area (Å²) in [5, 5.41) is 0. The highest BCUT2D eigenvalue weighted by Gasteiger charge is 2.20. The van der Waals surface area contributed by atoms with E-state index in [4.69, 9.17) is 33.2 Å². The topological polar surface area (TPSA) is 184 Å². The van der Waals surface area contributed by atoms with Crippen molar-refractivity contribution in [3.63, 3.8) is 0 Å². The third kappa shape index (κ3) is 73.0. The number of unbranched alkanes of at least 4 members (excludes halogenated alkanes) is 9. The van der Waals surface area contributed by atoms with Crippen molar-refractivity contribution in [3.8, 4) is 0 Å². The zero-order chi connectivity index (χ0) is 51.8. The lowest BCUT2D eigenvalue weighted by Gasteiger charge is -2.25. The van der Waals surface area contributed by atoms with Gasteiger partial charge in [-0.1, -0.05) is 149 Å². The van der Waals surface area contributed by atoms with Crippen molar-refractivity contribution in [3.05, 3.63) is 0 Å². The molecule has 0 saturated heterocycles. The van der Waals surface area contributed by atoms with Gasteiger partial charge in [0.25, 0.3) is 0 Å². The van der Waals surface area contributed by atoms with Gasteiger partial charge in [-0.25, -0.2) is 0 Å². The predicted molar refractivity (Wildman–Crippen MR) is 322 cm³/mol. The van der Waals surface area contributed by atoms with Crippen molar-refractivity contribution in [1.82, 2.24) is 0 Å². The van der Waals surface area contributed by atoms with Gasteiger partial charge in [0.2, 0.25) is 0 Å². The Kier molecular flexibility index (Phi) is 93.1. The molecule has 0 heterocycles. The van der Waals surface area contributed by atoms with E-state index in [0.29, 0.717) is 64.8 Å². The van der Waals surface area contributed by atoms with Crippen LogP contribution in [0.5, 0.6) is 0 Å². The highest BCUT2D eigenvalue weighted by molar-refractivity contribution is 5.77. The van der Waals surface area contributed by atoms with Crippen LogP contribution in [0.25, 0.3) is 0 Å². The van der Waals surface area contributed by atoms with Gasteiger partial charge in [-0.05, 0) is 99.3 Å². The SMILES string of the molecule is C.C.C.C.C.C.C.C.CCOC(=O)CCCCC(CC(C)=O)OC.CCOC(=O)CCCCCCC(CC(C)=O)OC.CCOC(=O)CCCCCCCCC(CC(C)=O)OC.COC(CC(C)=O)CC1CCCCC1. The second kappa shape index (κ2) is 71.9. The van der Waals surface area contributed by atoms with Gasteiger partial charge in [0.05, 0.1) is 44.2 Å². The zero-order valence-corrected chi connectivity index (χ0v) is 45.0. The standard InChI is InChI=1S/C16H30O4.C14H26O4.C12H22O4.C12H22O2.8CH4/c1-4-20-16(18)12-10-8-6-5-7-9-11-15(19-3)13-14(2)17;1-4-18-14(16)10-8-6-5-7-9-13(17-3)11-12(2)15;1-4-16-12(14)8-6-5-7-11(15-3)9-10(2)13;1-10(13)8-12(14-2)9-11-6-4-3-5-7-11;;;;;;;;/h15H,4-13H2,1-3H3;13H,4-11H2,1-3H3;11H,4-9H2,1-3H3;11-12H,3-9H2,1-2H3;8*1H4. The van der Waals surface area contributed by atoms with E-state index in [1.807, 2.05) is 13.8 Å². The van der Waals surface area contributed by atoms with E-state index in [0.717, 1.165) is 102 Å². The second-order valence-corrected chi connectivity index (χ2v) is 18.1. The molecule has 1 rings (SSSR count). The summed E-state index contributed by atoms with van der Waals surface area (Å²) in [5.74, 6) is 1.20. The summed E-state index contributed by atoms with van der Waals surface area (Å²) in [4.78, 5) is 77.0. The Labute approximate surface area is 472 Å². The number of esters is 3. The minimum absolute atomic E-state index is 0. The molecule has 0 aromatic rings. The molecule has 0 N–H and O–H groups in total. The highest BCUT2D eigenvalue weighted by Crippen LogP contribution is 2.28. The van der Waals surface area contributed by atoms with E-state index in [9.17, 15) is 33.6 Å². The number of carbonyl (C=O) groups is 7. The van der Waals surface area contributed by atoms with Gasteiger partial charge < -0.3 is 33.2 Å². The minimum Gasteiger partial charge on any atom is -0.466 e. The molecular formula is C62H132O14. The number of Topliss-reactive ketones (excluding diaryl/α,β-unsaturated/α-hetero) is 4. The van der Waals surface area contributed by atoms with E-state index in [1.54, 1.807) is 63.1 Å². The maximum Gasteiger partial charge on any atom is 0.305 e. The molecule has 1 fully saturated rings. The summed E-state index contributed by atoms with van der Waals surface area (Å²) in [6.07, 6.45) is 26.7. The zero-order valence-electron chi connectivity index (χ0n) is 45.0. The maximum atomic E-state index is 11.1. The molecule has 4 atom stereocenters. The Hall–Kier alpha value is -3.07. The molecule has 1 aliphatic rings. The molecular weight excluding hydrogens is 969 g/mol. The minimum atomic E-state index is -0.150. The average molecular weight is 1100 g/mol. The lowest BCUT2D eigenvalue weighted by Crippen LogP contribution is -2.20. The van der Waals surface area contributed by atoms with E-state index in [-0.39, 0.29) is 125 Å². The first kappa shape index (κ1) is 98.4. The van der Waals surface area contributed by atoms with Crippen LogP contribution < -0.4 is 0 Å². The molecule has 0 amide bonds. The summed E-state index contributed by atoms with van der Waals surface area (Å²) < 4.78 is 35.6. The van der Waals surface area contributed by atoms with Crippen LogP contribution in [0.3, 0.4) is 0 Å². The number of hydrogen-bond donors (Lipinski definition) is 0. The largest absolute Gasteiger partial charge is 0.466 e. The molecule has 1 aliphatic carbocycles. The Morgan fingerprint density at radius 1 is 0.355 bits per heavy atom. The normalized spacial score (nSPS) is 12.5. The number of carbonyl (C=O) groups excluding carboxylic acids is 7. The summed E-state index contributed by atoms with van der Waals surface area (Å²) in [6, 6.07) is 0. The van der Waals surface area contributed by atoms with Crippen LogP contribution in [0.15, 0.2) is 0 Å². The highest BCUT2D eigenvalue weighted by atomic mass is 16.5.